The Bertz CT molecular complexity index is 949. The molecule has 0 saturated carbocycles. The number of pyridine rings is 1. The lowest BCUT2D eigenvalue weighted by atomic mass is 10.0. The van der Waals surface area contributed by atoms with Crippen LogP contribution in [0.25, 0.3) is 21.6 Å². The van der Waals surface area contributed by atoms with Crippen molar-refractivity contribution in [2.45, 2.75) is 38.8 Å². The van der Waals surface area contributed by atoms with Crippen molar-refractivity contribution in [2.24, 2.45) is 0 Å². The molecule has 0 unspecified atom stereocenters. The molecule has 0 atom stereocenters. The Morgan fingerprint density at radius 1 is 1.28 bits per heavy atom. The normalized spacial score (nSPS) is 14.7. The third-order valence-corrected chi connectivity index (χ3v) is 6.14. The van der Waals surface area contributed by atoms with Crippen LogP contribution < -0.4 is 5.32 Å². The van der Waals surface area contributed by atoms with Crippen LogP contribution in [0.2, 0.25) is 0 Å². The summed E-state index contributed by atoms with van der Waals surface area (Å²) in [4.78, 5) is 21.2. The SMILES string of the molecule is CNC1CCN(C(=O)c2cc(-c3cccs3)nc3c2cnn3C(C)C)CC1.Cl.Cl. The van der Waals surface area contributed by atoms with Crippen LogP contribution in [0.3, 0.4) is 0 Å². The van der Waals surface area contributed by atoms with E-state index in [9.17, 15) is 4.79 Å². The zero-order chi connectivity index (χ0) is 19.0. The van der Waals surface area contributed by atoms with Crippen LogP contribution in [-0.4, -0.2) is 51.8 Å². The number of carbonyl (C=O) groups is 1. The largest absolute Gasteiger partial charge is 0.339 e. The monoisotopic (exact) mass is 455 g/mol. The van der Waals surface area contributed by atoms with Crippen LogP contribution in [0, 0.1) is 0 Å². The molecule has 158 valence electrons. The Morgan fingerprint density at radius 3 is 2.59 bits per heavy atom. The van der Waals surface area contributed by atoms with Gasteiger partial charge in [0.25, 0.3) is 5.91 Å². The van der Waals surface area contributed by atoms with E-state index in [4.69, 9.17) is 4.98 Å². The number of likely N-dealkylation sites (tertiary alicyclic amines) is 1. The lowest BCUT2D eigenvalue weighted by Crippen LogP contribution is -2.44. The lowest BCUT2D eigenvalue weighted by molar-refractivity contribution is 0.0709. The molecule has 1 amide bonds. The first kappa shape index (κ1) is 23.6. The molecular formula is C20H27Cl2N5OS. The highest BCUT2D eigenvalue weighted by atomic mass is 35.5. The Kier molecular flexibility index (Phi) is 8.05. The van der Waals surface area contributed by atoms with Crippen molar-refractivity contribution >= 4 is 53.1 Å². The molecule has 3 aromatic heterocycles. The van der Waals surface area contributed by atoms with Gasteiger partial charge < -0.3 is 10.2 Å². The highest BCUT2D eigenvalue weighted by Crippen LogP contribution is 2.30. The van der Waals surface area contributed by atoms with E-state index in [1.54, 1.807) is 17.5 Å². The molecule has 0 aliphatic carbocycles. The second-order valence-electron chi connectivity index (χ2n) is 7.31. The summed E-state index contributed by atoms with van der Waals surface area (Å²) in [6.07, 6.45) is 3.76. The quantitative estimate of drug-likeness (QED) is 0.632. The van der Waals surface area contributed by atoms with Crippen molar-refractivity contribution < 1.29 is 4.79 Å². The Hall–Kier alpha value is -1.67. The average molecular weight is 456 g/mol. The van der Waals surface area contributed by atoms with Crippen LogP contribution >= 0.6 is 36.2 Å². The van der Waals surface area contributed by atoms with Crippen molar-refractivity contribution in [3.63, 3.8) is 0 Å². The smallest absolute Gasteiger partial charge is 0.254 e. The Morgan fingerprint density at radius 2 is 2.00 bits per heavy atom. The number of amides is 1. The molecule has 1 N–H and O–H groups in total. The topological polar surface area (TPSA) is 63.1 Å². The van der Waals surface area contributed by atoms with Gasteiger partial charge in [-0.3, -0.25) is 4.79 Å². The molecular weight excluding hydrogens is 429 g/mol. The highest BCUT2D eigenvalue weighted by Gasteiger charge is 2.26. The van der Waals surface area contributed by atoms with Crippen LogP contribution in [0.4, 0.5) is 0 Å². The average Bonchev–Trinajstić information content (AvgIpc) is 3.36. The number of hydrogen-bond donors (Lipinski definition) is 1. The van der Waals surface area contributed by atoms with Crippen molar-refractivity contribution in [1.29, 1.82) is 0 Å². The number of halogens is 2. The summed E-state index contributed by atoms with van der Waals surface area (Å²) >= 11 is 1.64. The predicted octanol–water partition coefficient (Wildman–Crippen LogP) is 4.41. The third-order valence-electron chi connectivity index (χ3n) is 5.25. The van der Waals surface area contributed by atoms with Crippen molar-refractivity contribution in [1.82, 2.24) is 25.0 Å². The Balaban J connectivity index is 0.00000150. The van der Waals surface area contributed by atoms with Gasteiger partial charge in [-0.25, -0.2) is 9.67 Å². The van der Waals surface area contributed by atoms with Gasteiger partial charge in [-0.05, 0) is 51.2 Å². The predicted molar refractivity (Wildman–Crippen MR) is 124 cm³/mol. The number of carbonyl (C=O) groups excluding carboxylic acids is 1. The minimum Gasteiger partial charge on any atom is -0.339 e. The maximum atomic E-state index is 13.4. The summed E-state index contributed by atoms with van der Waals surface area (Å²) < 4.78 is 1.90. The number of nitrogens with one attached hydrogen (secondary N) is 1. The fraction of sp³-hybridized carbons (Fsp3) is 0.450. The molecule has 1 fully saturated rings. The van der Waals surface area contributed by atoms with Gasteiger partial charge in [-0.1, -0.05) is 6.07 Å². The molecule has 1 saturated heterocycles. The molecule has 29 heavy (non-hydrogen) atoms. The summed E-state index contributed by atoms with van der Waals surface area (Å²) in [5.74, 6) is 0.0815. The molecule has 1 aliphatic heterocycles. The lowest BCUT2D eigenvalue weighted by Gasteiger charge is -2.32. The number of hydrogen-bond acceptors (Lipinski definition) is 5. The highest BCUT2D eigenvalue weighted by molar-refractivity contribution is 7.13. The number of rotatable bonds is 4. The fourth-order valence-corrected chi connectivity index (χ4v) is 4.35. The van der Waals surface area contributed by atoms with Crippen LogP contribution in [0.5, 0.6) is 0 Å². The van der Waals surface area contributed by atoms with E-state index >= 15 is 0 Å². The number of aromatic nitrogens is 3. The van der Waals surface area contributed by atoms with E-state index in [-0.39, 0.29) is 36.8 Å². The second-order valence-corrected chi connectivity index (χ2v) is 8.26. The molecule has 0 spiro atoms. The second kappa shape index (κ2) is 9.89. The van der Waals surface area contributed by atoms with E-state index < -0.39 is 0 Å². The number of nitrogens with zero attached hydrogens (tertiary/aromatic N) is 4. The molecule has 0 bridgehead atoms. The van der Waals surface area contributed by atoms with Gasteiger partial charge in [0.15, 0.2) is 5.65 Å². The van der Waals surface area contributed by atoms with Gasteiger partial charge in [0.1, 0.15) is 0 Å². The molecule has 0 radical (unpaired) electrons. The van der Waals surface area contributed by atoms with Gasteiger partial charge in [-0.15, -0.1) is 36.2 Å². The fourth-order valence-electron chi connectivity index (χ4n) is 3.67. The van der Waals surface area contributed by atoms with E-state index in [0.29, 0.717) is 11.6 Å². The zero-order valence-corrected chi connectivity index (χ0v) is 19.2. The molecule has 3 aromatic rings. The number of fused-ring (bicyclic) bond motifs is 1. The number of thiophene rings is 1. The van der Waals surface area contributed by atoms with Gasteiger partial charge in [0.2, 0.25) is 0 Å². The Labute approximate surface area is 187 Å². The first-order chi connectivity index (χ1) is 13.1. The first-order valence-corrected chi connectivity index (χ1v) is 10.3. The van der Waals surface area contributed by atoms with E-state index in [2.05, 4.69) is 24.3 Å². The minimum absolute atomic E-state index is 0. The van der Waals surface area contributed by atoms with Gasteiger partial charge >= 0.3 is 0 Å². The van der Waals surface area contributed by atoms with Crippen molar-refractivity contribution in [3.8, 4) is 10.6 Å². The maximum Gasteiger partial charge on any atom is 0.254 e. The summed E-state index contributed by atoms with van der Waals surface area (Å²) in [6.45, 7) is 5.72. The van der Waals surface area contributed by atoms with Crippen LogP contribution in [0.1, 0.15) is 43.1 Å². The van der Waals surface area contributed by atoms with Crippen molar-refractivity contribution in [2.75, 3.05) is 20.1 Å². The van der Waals surface area contributed by atoms with Crippen LogP contribution in [0.15, 0.2) is 29.8 Å². The van der Waals surface area contributed by atoms with Gasteiger partial charge in [0.05, 0.1) is 27.7 Å². The van der Waals surface area contributed by atoms with E-state index in [1.807, 2.05) is 40.2 Å². The molecule has 9 heteroatoms. The summed E-state index contributed by atoms with van der Waals surface area (Å²) in [6, 6.07) is 6.67. The van der Waals surface area contributed by atoms with E-state index in [0.717, 1.165) is 47.5 Å². The molecule has 4 heterocycles. The minimum atomic E-state index is 0. The van der Waals surface area contributed by atoms with Crippen molar-refractivity contribution in [3.05, 3.63) is 35.3 Å². The first-order valence-electron chi connectivity index (χ1n) is 9.47. The van der Waals surface area contributed by atoms with Gasteiger partial charge in [-0.2, -0.15) is 5.10 Å². The number of piperidine rings is 1. The third kappa shape index (κ3) is 4.58. The molecule has 1 aliphatic rings. The summed E-state index contributed by atoms with van der Waals surface area (Å²) in [5, 5.41) is 10.7. The summed E-state index contributed by atoms with van der Waals surface area (Å²) in [5.41, 5.74) is 2.33. The molecule has 4 rings (SSSR count). The standard InChI is InChI=1S/C20H25N5OS.2ClH/c1-13(2)25-19-16(12-22-25)15(11-17(23-19)18-5-4-10-27-18)20(26)24-8-6-14(21-3)7-9-24;;/h4-5,10-14,21H,6-9H2,1-3H3;2*1H. The maximum absolute atomic E-state index is 13.4. The summed E-state index contributed by atoms with van der Waals surface area (Å²) in [7, 11) is 1.99. The van der Waals surface area contributed by atoms with Gasteiger partial charge in [0, 0.05) is 25.2 Å². The molecule has 6 nitrogen and oxygen atoms in total. The molecule has 0 aromatic carbocycles. The zero-order valence-electron chi connectivity index (χ0n) is 16.8. The van der Waals surface area contributed by atoms with E-state index in [1.165, 1.54) is 0 Å². The van der Waals surface area contributed by atoms with Crippen LogP contribution in [-0.2, 0) is 0 Å².